The zero-order valence-corrected chi connectivity index (χ0v) is 21.0. The normalized spacial score (nSPS) is 12.0. The number of nitrogens with one attached hydrogen (secondary N) is 1. The second-order valence-corrected chi connectivity index (χ2v) is 9.35. The Balaban J connectivity index is 2.19. The SMILES string of the molecule is CC(C)NC(=O)C(C)N(Cc1ccccc1Cl)C(=O)COc1ccc(C(C)C)cc1Br. The van der Waals surface area contributed by atoms with E-state index in [0.717, 1.165) is 10.0 Å². The number of ether oxygens (including phenoxy) is 1. The van der Waals surface area contributed by atoms with E-state index in [0.29, 0.717) is 16.7 Å². The quantitative estimate of drug-likeness (QED) is 0.482. The van der Waals surface area contributed by atoms with Gasteiger partial charge < -0.3 is 15.0 Å². The van der Waals surface area contributed by atoms with Gasteiger partial charge in [-0.1, -0.05) is 49.7 Å². The Morgan fingerprint density at radius 1 is 1.10 bits per heavy atom. The molecule has 168 valence electrons. The lowest BCUT2D eigenvalue weighted by Gasteiger charge is -2.29. The molecule has 2 aromatic carbocycles. The summed E-state index contributed by atoms with van der Waals surface area (Å²) in [4.78, 5) is 27.2. The minimum absolute atomic E-state index is 0.0288. The van der Waals surface area contributed by atoms with Crippen LogP contribution < -0.4 is 10.1 Å². The Bertz CT molecular complexity index is 917. The largest absolute Gasteiger partial charge is 0.483 e. The molecule has 0 aliphatic rings. The number of hydrogen-bond donors (Lipinski definition) is 1. The second-order valence-electron chi connectivity index (χ2n) is 8.09. The Morgan fingerprint density at radius 2 is 1.77 bits per heavy atom. The van der Waals surface area contributed by atoms with Gasteiger partial charge in [0.05, 0.1) is 4.47 Å². The van der Waals surface area contributed by atoms with Crippen molar-refractivity contribution in [2.75, 3.05) is 6.61 Å². The van der Waals surface area contributed by atoms with E-state index in [2.05, 4.69) is 35.1 Å². The van der Waals surface area contributed by atoms with E-state index in [4.69, 9.17) is 16.3 Å². The van der Waals surface area contributed by atoms with Gasteiger partial charge in [0, 0.05) is 17.6 Å². The summed E-state index contributed by atoms with van der Waals surface area (Å²) in [6.07, 6.45) is 0. The van der Waals surface area contributed by atoms with Crippen LogP contribution in [0.2, 0.25) is 5.02 Å². The maximum Gasteiger partial charge on any atom is 0.261 e. The minimum Gasteiger partial charge on any atom is -0.483 e. The summed E-state index contributed by atoms with van der Waals surface area (Å²) in [5.41, 5.74) is 1.94. The number of carbonyl (C=O) groups is 2. The van der Waals surface area contributed by atoms with E-state index in [1.807, 2.05) is 50.2 Å². The molecule has 0 fully saturated rings. The number of benzene rings is 2. The molecule has 0 saturated carbocycles. The van der Waals surface area contributed by atoms with Crippen LogP contribution in [0.25, 0.3) is 0 Å². The Morgan fingerprint density at radius 3 is 2.35 bits per heavy atom. The molecule has 2 rings (SSSR count). The fourth-order valence-corrected chi connectivity index (χ4v) is 3.72. The first-order chi connectivity index (χ1) is 14.6. The van der Waals surface area contributed by atoms with Gasteiger partial charge >= 0.3 is 0 Å². The van der Waals surface area contributed by atoms with E-state index < -0.39 is 6.04 Å². The Hall–Kier alpha value is -2.05. The highest BCUT2D eigenvalue weighted by molar-refractivity contribution is 9.10. The molecule has 0 spiro atoms. The van der Waals surface area contributed by atoms with E-state index in [9.17, 15) is 9.59 Å². The van der Waals surface area contributed by atoms with Crippen LogP contribution in [0.15, 0.2) is 46.9 Å². The number of rotatable bonds is 9. The van der Waals surface area contributed by atoms with Crippen molar-refractivity contribution in [3.05, 3.63) is 63.1 Å². The average Bonchev–Trinajstić information content (AvgIpc) is 2.70. The maximum absolute atomic E-state index is 13.1. The summed E-state index contributed by atoms with van der Waals surface area (Å²) in [5.74, 6) is 0.442. The predicted octanol–water partition coefficient (Wildman–Crippen LogP) is 5.55. The standard InChI is InChI=1S/C24H30BrClN2O3/c1-15(2)18-10-11-22(20(25)12-18)31-14-23(29)28(17(5)24(30)27-16(3)4)13-19-8-6-7-9-21(19)26/h6-12,15-17H,13-14H2,1-5H3,(H,27,30). The van der Waals surface area contributed by atoms with Crippen molar-refractivity contribution >= 4 is 39.3 Å². The number of nitrogens with zero attached hydrogens (tertiary/aromatic N) is 1. The molecule has 1 N–H and O–H groups in total. The van der Waals surface area contributed by atoms with Crippen molar-refractivity contribution in [1.82, 2.24) is 10.2 Å². The van der Waals surface area contributed by atoms with Crippen molar-refractivity contribution in [2.24, 2.45) is 0 Å². The molecule has 0 bridgehead atoms. The molecule has 7 heteroatoms. The lowest BCUT2D eigenvalue weighted by molar-refractivity contribution is -0.142. The van der Waals surface area contributed by atoms with Crippen molar-refractivity contribution in [2.45, 2.75) is 59.2 Å². The highest BCUT2D eigenvalue weighted by Crippen LogP contribution is 2.29. The summed E-state index contributed by atoms with van der Waals surface area (Å²) < 4.78 is 6.58. The first kappa shape index (κ1) is 25.2. The fraction of sp³-hybridized carbons (Fsp3) is 0.417. The van der Waals surface area contributed by atoms with Gasteiger partial charge in [-0.25, -0.2) is 0 Å². The Labute approximate surface area is 198 Å². The molecule has 5 nitrogen and oxygen atoms in total. The third kappa shape index (κ3) is 7.25. The van der Waals surface area contributed by atoms with E-state index in [1.165, 1.54) is 10.5 Å². The van der Waals surface area contributed by atoms with Crippen molar-refractivity contribution in [3.63, 3.8) is 0 Å². The molecule has 0 aliphatic heterocycles. The lowest BCUT2D eigenvalue weighted by Crippen LogP contribution is -2.50. The molecule has 0 radical (unpaired) electrons. The minimum atomic E-state index is -0.679. The van der Waals surface area contributed by atoms with Crippen LogP contribution in [-0.4, -0.2) is 35.4 Å². The summed E-state index contributed by atoms with van der Waals surface area (Å²) in [7, 11) is 0. The molecular weight excluding hydrogens is 480 g/mol. The molecule has 0 aliphatic carbocycles. The van der Waals surface area contributed by atoms with E-state index in [-0.39, 0.29) is 31.0 Å². The zero-order chi connectivity index (χ0) is 23.1. The third-order valence-corrected chi connectivity index (χ3v) is 5.86. The number of halogens is 2. The summed E-state index contributed by atoms with van der Waals surface area (Å²) in [6.45, 7) is 9.72. The lowest BCUT2D eigenvalue weighted by atomic mass is 10.0. The van der Waals surface area contributed by atoms with Crippen LogP contribution >= 0.6 is 27.5 Å². The van der Waals surface area contributed by atoms with E-state index >= 15 is 0 Å². The van der Waals surface area contributed by atoms with Crippen LogP contribution in [0, 0.1) is 0 Å². The first-order valence-electron chi connectivity index (χ1n) is 10.4. The monoisotopic (exact) mass is 508 g/mol. The molecule has 1 unspecified atom stereocenters. The average molecular weight is 510 g/mol. The van der Waals surface area contributed by atoms with Gasteiger partial charge in [0.2, 0.25) is 5.91 Å². The first-order valence-corrected chi connectivity index (χ1v) is 11.5. The number of amides is 2. The highest BCUT2D eigenvalue weighted by atomic mass is 79.9. The molecule has 2 amide bonds. The molecule has 31 heavy (non-hydrogen) atoms. The van der Waals surface area contributed by atoms with Crippen LogP contribution in [0.5, 0.6) is 5.75 Å². The van der Waals surface area contributed by atoms with Crippen molar-refractivity contribution in [1.29, 1.82) is 0 Å². The summed E-state index contributed by atoms with van der Waals surface area (Å²) in [5, 5.41) is 3.41. The fourth-order valence-electron chi connectivity index (χ4n) is 3.01. The molecule has 1 atom stereocenters. The van der Waals surface area contributed by atoms with Gasteiger partial charge in [-0.3, -0.25) is 9.59 Å². The van der Waals surface area contributed by atoms with Gasteiger partial charge in [-0.05, 0) is 71.9 Å². The van der Waals surface area contributed by atoms with Gasteiger partial charge in [0.1, 0.15) is 11.8 Å². The van der Waals surface area contributed by atoms with Crippen LogP contribution in [0.4, 0.5) is 0 Å². The predicted molar refractivity (Wildman–Crippen MR) is 128 cm³/mol. The van der Waals surface area contributed by atoms with Crippen LogP contribution in [0.1, 0.15) is 51.7 Å². The molecular formula is C24H30BrClN2O3. The second kappa shape index (κ2) is 11.5. The molecule has 0 saturated heterocycles. The molecule has 0 heterocycles. The van der Waals surface area contributed by atoms with Crippen molar-refractivity contribution < 1.29 is 14.3 Å². The maximum atomic E-state index is 13.1. The molecule has 2 aromatic rings. The van der Waals surface area contributed by atoms with Crippen LogP contribution in [-0.2, 0) is 16.1 Å². The van der Waals surface area contributed by atoms with E-state index in [1.54, 1.807) is 13.0 Å². The van der Waals surface area contributed by atoms with Gasteiger partial charge in [0.25, 0.3) is 5.91 Å². The highest BCUT2D eigenvalue weighted by Gasteiger charge is 2.27. The van der Waals surface area contributed by atoms with Gasteiger partial charge in [-0.15, -0.1) is 0 Å². The Kier molecular flexibility index (Phi) is 9.38. The summed E-state index contributed by atoms with van der Waals surface area (Å²) >= 11 is 9.81. The smallest absolute Gasteiger partial charge is 0.261 e. The van der Waals surface area contributed by atoms with Gasteiger partial charge in [0.15, 0.2) is 6.61 Å². The number of hydrogen-bond acceptors (Lipinski definition) is 3. The summed E-state index contributed by atoms with van der Waals surface area (Å²) in [6, 6.07) is 12.4. The third-order valence-electron chi connectivity index (χ3n) is 4.87. The van der Waals surface area contributed by atoms with Crippen LogP contribution in [0.3, 0.4) is 0 Å². The van der Waals surface area contributed by atoms with Gasteiger partial charge in [-0.2, -0.15) is 0 Å². The topological polar surface area (TPSA) is 58.6 Å². The molecule has 0 aromatic heterocycles. The number of carbonyl (C=O) groups excluding carboxylic acids is 2. The van der Waals surface area contributed by atoms with Crippen molar-refractivity contribution in [3.8, 4) is 5.75 Å². The zero-order valence-electron chi connectivity index (χ0n) is 18.6.